The molecule has 1 atom stereocenters. The van der Waals surface area contributed by atoms with E-state index in [0.29, 0.717) is 5.92 Å². The molecule has 4 rings (SSSR count). The molecule has 2 heteroatoms. The minimum Gasteiger partial charge on any atom is -0.327 e. The lowest BCUT2D eigenvalue weighted by atomic mass is 9.98. The number of hydrogen-bond donors (Lipinski definition) is 0. The van der Waals surface area contributed by atoms with Gasteiger partial charge in [-0.2, -0.15) is 0 Å². The highest BCUT2D eigenvalue weighted by Crippen LogP contribution is 2.32. The second-order valence-electron chi connectivity index (χ2n) is 4.94. The minimum absolute atomic E-state index is 0.582. The molecule has 1 aromatic heterocycles. The molecule has 0 N–H and O–H groups in total. The summed E-state index contributed by atoms with van der Waals surface area (Å²) in [6, 6.07) is 19.2. The molecular weight excluding hydrogens is 220 g/mol. The van der Waals surface area contributed by atoms with Gasteiger partial charge in [0.25, 0.3) is 0 Å². The predicted octanol–water partition coefficient (Wildman–Crippen LogP) is 3.38. The number of rotatable bonds is 1. The van der Waals surface area contributed by atoms with Crippen LogP contribution < -0.4 is 0 Å². The van der Waals surface area contributed by atoms with Crippen LogP contribution >= 0.6 is 0 Å². The fourth-order valence-corrected chi connectivity index (χ4v) is 2.94. The molecule has 2 heterocycles. The summed E-state index contributed by atoms with van der Waals surface area (Å²) in [5.74, 6) is 1.81. The van der Waals surface area contributed by atoms with Crippen molar-refractivity contribution < 1.29 is 0 Å². The minimum atomic E-state index is 0.582. The van der Waals surface area contributed by atoms with E-state index in [1.807, 2.05) is 0 Å². The van der Waals surface area contributed by atoms with Gasteiger partial charge in [-0.3, -0.25) is 0 Å². The van der Waals surface area contributed by atoms with Crippen LogP contribution in [0, 0.1) is 0 Å². The lowest BCUT2D eigenvalue weighted by Gasteiger charge is -2.09. The van der Waals surface area contributed by atoms with Crippen LogP contribution in [0.25, 0.3) is 11.0 Å². The van der Waals surface area contributed by atoms with Crippen molar-refractivity contribution in [1.82, 2.24) is 9.55 Å². The first kappa shape index (κ1) is 9.89. The van der Waals surface area contributed by atoms with E-state index in [9.17, 15) is 0 Å². The van der Waals surface area contributed by atoms with Gasteiger partial charge in [0, 0.05) is 18.9 Å². The SMILES string of the molecule is c1ccc([C@H]2Cc3nc4ccccc4n3C2)cc1. The van der Waals surface area contributed by atoms with Gasteiger partial charge in [0.2, 0.25) is 0 Å². The van der Waals surface area contributed by atoms with Crippen molar-refractivity contribution in [3.8, 4) is 0 Å². The molecule has 0 unspecified atom stereocenters. The molecule has 1 aliphatic rings. The van der Waals surface area contributed by atoms with Gasteiger partial charge in [-0.05, 0) is 17.7 Å². The standard InChI is InChI=1S/C16H14N2/c1-2-6-12(7-3-1)13-10-16-17-14-8-4-5-9-15(14)18(16)11-13/h1-9,13H,10-11H2/t13-/m0/s1. The van der Waals surface area contributed by atoms with Crippen LogP contribution in [0.15, 0.2) is 54.6 Å². The summed E-state index contributed by atoms with van der Waals surface area (Å²) in [5.41, 5.74) is 3.82. The molecule has 18 heavy (non-hydrogen) atoms. The molecule has 0 saturated carbocycles. The average Bonchev–Trinajstić information content (AvgIpc) is 2.97. The van der Waals surface area contributed by atoms with E-state index >= 15 is 0 Å². The van der Waals surface area contributed by atoms with Gasteiger partial charge in [0.15, 0.2) is 0 Å². The van der Waals surface area contributed by atoms with Gasteiger partial charge >= 0.3 is 0 Å². The van der Waals surface area contributed by atoms with Crippen LogP contribution in [0.1, 0.15) is 17.3 Å². The zero-order chi connectivity index (χ0) is 11.9. The summed E-state index contributed by atoms with van der Waals surface area (Å²) in [6.45, 7) is 1.06. The Kier molecular flexibility index (Phi) is 2.04. The van der Waals surface area contributed by atoms with Crippen LogP contribution in [0.5, 0.6) is 0 Å². The largest absolute Gasteiger partial charge is 0.327 e. The second kappa shape index (κ2) is 3.70. The quantitative estimate of drug-likeness (QED) is 0.631. The van der Waals surface area contributed by atoms with Gasteiger partial charge in [0.1, 0.15) is 5.82 Å². The molecule has 0 amide bonds. The Bertz CT molecular complexity index is 697. The summed E-state index contributed by atoms with van der Waals surface area (Å²) >= 11 is 0. The highest BCUT2D eigenvalue weighted by Gasteiger charge is 2.25. The molecule has 0 radical (unpaired) electrons. The van der Waals surface area contributed by atoms with E-state index in [-0.39, 0.29) is 0 Å². The number of nitrogens with zero attached hydrogens (tertiary/aromatic N) is 2. The van der Waals surface area contributed by atoms with E-state index in [0.717, 1.165) is 18.5 Å². The summed E-state index contributed by atoms with van der Waals surface area (Å²) in [4.78, 5) is 4.73. The van der Waals surface area contributed by atoms with Crippen LogP contribution in [0.2, 0.25) is 0 Å². The topological polar surface area (TPSA) is 17.8 Å². The maximum atomic E-state index is 4.73. The number of hydrogen-bond acceptors (Lipinski definition) is 1. The van der Waals surface area contributed by atoms with Crippen molar-refractivity contribution in [3.05, 3.63) is 66.0 Å². The van der Waals surface area contributed by atoms with E-state index in [1.165, 1.54) is 16.9 Å². The van der Waals surface area contributed by atoms with E-state index in [1.54, 1.807) is 0 Å². The molecule has 2 nitrogen and oxygen atoms in total. The number of imidazole rings is 1. The maximum absolute atomic E-state index is 4.73. The van der Waals surface area contributed by atoms with Gasteiger partial charge < -0.3 is 4.57 Å². The normalized spacial score (nSPS) is 18.1. The zero-order valence-electron chi connectivity index (χ0n) is 10.1. The van der Waals surface area contributed by atoms with Crippen molar-refractivity contribution in [2.24, 2.45) is 0 Å². The molecule has 0 bridgehead atoms. The van der Waals surface area contributed by atoms with Crippen LogP contribution in [-0.2, 0) is 13.0 Å². The zero-order valence-corrected chi connectivity index (χ0v) is 10.1. The first-order chi connectivity index (χ1) is 8.92. The number of para-hydroxylation sites is 2. The third-order valence-corrected chi connectivity index (χ3v) is 3.84. The third kappa shape index (κ3) is 1.39. The third-order valence-electron chi connectivity index (χ3n) is 3.84. The van der Waals surface area contributed by atoms with Crippen molar-refractivity contribution >= 4 is 11.0 Å². The Morgan fingerprint density at radius 1 is 0.944 bits per heavy atom. The predicted molar refractivity (Wildman–Crippen MR) is 72.6 cm³/mol. The summed E-state index contributed by atoms with van der Waals surface area (Å²) in [7, 11) is 0. The Balaban J connectivity index is 1.76. The van der Waals surface area contributed by atoms with Crippen molar-refractivity contribution in [2.75, 3.05) is 0 Å². The Morgan fingerprint density at radius 2 is 1.72 bits per heavy atom. The smallest absolute Gasteiger partial charge is 0.110 e. The van der Waals surface area contributed by atoms with Crippen molar-refractivity contribution in [3.63, 3.8) is 0 Å². The van der Waals surface area contributed by atoms with E-state index in [4.69, 9.17) is 4.98 Å². The molecule has 0 saturated heterocycles. The Labute approximate surface area is 106 Å². The first-order valence-electron chi connectivity index (χ1n) is 6.41. The molecule has 0 aliphatic carbocycles. The highest BCUT2D eigenvalue weighted by molar-refractivity contribution is 5.76. The summed E-state index contributed by atoms with van der Waals surface area (Å²) in [6.07, 6.45) is 1.05. The van der Waals surface area contributed by atoms with E-state index in [2.05, 4.69) is 59.2 Å². The average molecular weight is 234 g/mol. The molecule has 88 valence electrons. The van der Waals surface area contributed by atoms with E-state index < -0.39 is 0 Å². The van der Waals surface area contributed by atoms with Gasteiger partial charge in [-0.25, -0.2) is 4.98 Å². The lowest BCUT2D eigenvalue weighted by molar-refractivity contribution is 0.664. The Hall–Kier alpha value is -2.09. The molecular formula is C16H14N2. The fraction of sp³-hybridized carbons (Fsp3) is 0.188. The highest BCUT2D eigenvalue weighted by atomic mass is 15.1. The van der Waals surface area contributed by atoms with Crippen LogP contribution in [0.3, 0.4) is 0 Å². The molecule has 0 fully saturated rings. The number of benzene rings is 2. The monoisotopic (exact) mass is 234 g/mol. The van der Waals surface area contributed by atoms with Crippen molar-refractivity contribution in [1.29, 1.82) is 0 Å². The van der Waals surface area contributed by atoms with Crippen LogP contribution in [-0.4, -0.2) is 9.55 Å². The number of aromatic nitrogens is 2. The van der Waals surface area contributed by atoms with Gasteiger partial charge in [0.05, 0.1) is 11.0 Å². The molecule has 0 spiro atoms. The van der Waals surface area contributed by atoms with Crippen molar-refractivity contribution in [2.45, 2.75) is 18.9 Å². The summed E-state index contributed by atoms with van der Waals surface area (Å²) in [5, 5.41) is 0. The molecule has 3 aromatic rings. The first-order valence-corrected chi connectivity index (χ1v) is 6.41. The maximum Gasteiger partial charge on any atom is 0.110 e. The summed E-state index contributed by atoms with van der Waals surface area (Å²) < 4.78 is 2.37. The van der Waals surface area contributed by atoms with Crippen LogP contribution in [0.4, 0.5) is 0 Å². The van der Waals surface area contributed by atoms with Gasteiger partial charge in [-0.15, -0.1) is 0 Å². The van der Waals surface area contributed by atoms with Gasteiger partial charge in [-0.1, -0.05) is 42.5 Å². The lowest BCUT2D eigenvalue weighted by Crippen LogP contribution is -2.00. The molecule has 2 aromatic carbocycles. The number of fused-ring (bicyclic) bond motifs is 3. The fourth-order valence-electron chi connectivity index (χ4n) is 2.94. The molecule has 1 aliphatic heterocycles. The second-order valence-corrected chi connectivity index (χ2v) is 4.94. The Morgan fingerprint density at radius 3 is 2.61 bits per heavy atom.